The van der Waals surface area contributed by atoms with Crippen molar-refractivity contribution in [2.75, 3.05) is 21.0 Å². The van der Waals surface area contributed by atoms with Crippen LogP contribution in [0.5, 0.6) is 0 Å². The van der Waals surface area contributed by atoms with E-state index in [2.05, 4.69) is 35.0 Å². The summed E-state index contributed by atoms with van der Waals surface area (Å²) in [5.74, 6) is -45.4. The van der Waals surface area contributed by atoms with E-state index in [1.54, 1.807) is 13.2 Å². The number of halogens is 60. The first-order valence-corrected chi connectivity index (χ1v) is 26.4. The monoisotopic (exact) mass is 1960 g/mol. The summed E-state index contributed by atoms with van der Waals surface area (Å²) in [6, 6.07) is 0. The van der Waals surface area contributed by atoms with Crippen molar-refractivity contribution in [3.63, 3.8) is 0 Å². The molecule has 0 fully saturated rings. The topological polar surface area (TPSA) is 73.8 Å². The van der Waals surface area contributed by atoms with Crippen molar-refractivity contribution in [1.29, 1.82) is 0 Å². The molecule has 0 saturated heterocycles. The maximum Gasteiger partial charge on any atom is 0.458 e. The maximum absolute atomic E-state index is 13.5. The molecule has 0 rings (SSSR count). The van der Waals surface area contributed by atoms with Crippen LogP contribution >= 0.6 is 0 Å². The summed E-state index contributed by atoms with van der Waals surface area (Å²) < 4.78 is 753. The molecule has 0 aliphatic heterocycles. The summed E-state index contributed by atoms with van der Waals surface area (Å²) >= 11 is 0. The van der Waals surface area contributed by atoms with E-state index in [1.807, 2.05) is 29.2 Å². The molecule has 0 bridgehead atoms. The SMILES string of the molecule is C.C.C.C.C=C(F)C(F)(F)OC(C(F)(F)F)C(F)(CC)C(F)(F)F.C=C(F)C(F)(F)OC(C)(F)C(F)(F)F.C=C(F)C(F)(F)OC(CC(F)(F)F)C(F)(F)F.C=C(F)C(F)(F)OC(F)(C(F)(F)F)C(F)(F)OC(F)(CC)C(F)(F)F.C=C(F)C(F)(F)OC(F)(C(F)(F)F)C(F)(F)OCC(F)(F)F.C=C(F)C(F)(F)OC(F)(CC)C(F)(F)F.CF.CF. The Bertz CT molecular complexity index is 3040. The zero-order valence-electron chi connectivity index (χ0n) is 55.9. The van der Waals surface area contributed by atoms with Gasteiger partial charge in [0.15, 0.2) is 41.1 Å². The maximum atomic E-state index is 13.5. The van der Waals surface area contributed by atoms with Gasteiger partial charge < -0.3 is 9.47 Å². The summed E-state index contributed by atoms with van der Waals surface area (Å²) in [7, 11) is 1.00. The molecular weight excluding hydrogens is 1900 g/mol. The van der Waals surface area contributed by atoms with Gasteiger partial charge in [0, 0.05) is 19.8 Å². The molecule has 8 nitrogen and oxygen atoms in total. The van der Waals surface area contributed by atoms with E-state index in [4.69, 9.17) is 0 Å². The molecule has 0 heterocycles. The molecule has 121 heavy (non-hydrogen) atoms. The van der Waals surface area contributed by atoms with Crippen LogP contribution in [0.1, 0.15) is 83.1 Å². The summed E-state index contributed by atoms with van der Waals surface area (Å²) in [5.41, 5.74) is -5.16. The van der Waals surface area contributed by atoms with Crippen molar-refractivity contribution in [3.05, 3.63) is 74.4 Å². The smallest absolute Gasteiger partial charge is 0.306 e. The first kappa shape index (κ1) is 141. The number of hydrogen-bond donors (Lipinski definition) is 0. The van der Waals surface area contributed by atoms with Crippen molar-refractivity contribution in [2.24, 2.45) is 0 Å². The Labute approximate surface area is 637 Å². The van der Waals surface area contributed by atoms with Crippen molar-refractivity contribution in [3.8, 4) is 0 Å². The molecule has 0 N–H and O–H groups in total. The minimum absolute atomic E-state index is 0. The summed E-state index contributed by atoms with van der Waals surface area (Å²) in [6.45, 7) is 9.07. The second kappa shape index (κ2) is 47.5. The molecule has 0 aromatic heterocycles. The molecule has 0 saturated carbocycles. The van der Waals surface area contributed by atoms with Crippen molar-refractivity contribution >= 4 is 0 Å². The lowest BCUT2D eigenvalue weighted by Gasteiger charge is -2.38. The van der Waals surface area contributed by atoms with Crippen LogP contribution in [0.25, 0.3) is 0 Å². The van der Waals surface area contributed by atoms with E-state index in [0.717, 1.165) is 0 Å². The molecule has 0 spiro atoms. The van der Waals surface area contributed by atoms with Crippen molar-refractivity contribution in [2.45, 2.75) is 241 Å². The molecule has 0 amide bonds. The second-order valence-corrected chi connectivity index (χ2v) is 19.5. The molecule has 0 radical (unpaired) electrons. The highest BCUT2D eigenvalue weighted by Gasteiger charge is 2.81. The molecular formula is C53H58F60O8. The average Bonchev–Trinajstić information content (AvgIpc) is 0.742. The first-order valence-electron chi connectivity index (χ1n) is 26.4. The molecule has 8 unspecified atom stereocenters. The van der Waals surface area contributed by atoms with Gasteiger partial charge in [-0.25, -0.2) is 43.9 Å². The molecule has 8 atom stereocenters. The van der Waals surface area contributed by atoms with E-state index in [-0.39, 0.29) is 43.6 Å². The molecule has 0 aromatic rings. The predicted molar refractivity (Wildman–Crippen MR) is 288 cm³/mol. The third-order valence-corrected chi connectivity index (χ3v) is 10.5. The molecule has 0 aromatic carbocycles. The van der Waals surface area contributed by atoms with E-state index < -0.39 is 225 Å². The third kappa shape index (κ3) is 43.6. The Morgan fingerprint density at radius 1 is 0.273 bits per heavy atom. The van der Waals surface area contributed by atoms with Crippen LogP contribution in [0.2, 0.25) is 0 Å². The van der Waals surface area contributed by atoms with Crippen LogP contribution in [0, 0.1) is 0 Å². The second-order valence-electron chi connectivity index (χ2n) is 19.5. The highest BCUT2D eigenvalue weighted by molar-refractivity contribution is 5.03. The highest BCUT2D eigenvalue weighted by Crippen LogP contribution is 2.56. The number of hydrogen-bond acceptors (Lipinski definition) is 8. The van der Waals surface area contributed by atoms with Gasteiger partial charge in [0.1, 0.15) is 6.61 Å². The van der Waals surface area contributed by atoms with Crippen LogP contribution in [0.3, 0.4) is 0 Å². The van der Waals surface area contributed by atoms with E-state index in [0.29, 0.717) is 28.2 Å². The van der Waals surface area contributed by atoms with Gasteiger partial charge in [0.05, 0.1) is 20.8 Å². The van der Waals surface area contributed by atoms with Gasteiger partial charge in [0.2, 0.25) is 11.8 Å². The van der Waals surface area contributed by atoms with Gasteiger partial charge >= 0.3 is 140 Å². The van der Waals surface area contributed by atoms with Crippen LogP contribution in [-0.2, 0) is 37.9 Å². The minimum Gasteiger partial charge on any atom is -0.306 e. The molecule has 0 aliphatic carbocycles. The van der Waals surface area contributed by atoms with E-state index in [1.165, 1.54) is 0 Å². The van der Waals surface area contributed by atoms with E-state index >= 15 is 0 Å². The molecule has 0 aliphatic rings. The quantitative estimate of drug-likeness (QED) is 0.0686. The minimum atomic E-state index is -7.21. The predicted octanol–water partition coefficient (Wildman–Crippen LogP) is 29.4. The van der Waals surface area contributed by atoms with Crippen LogP contribution in [-0.4, -0.2) is 179 Å². The summed E-state index contributed by atoms with van der Waals surface area (Å²) in [4.78, 5) is 0. The van der Waals surface area contributed by atoms with Gasteiger partial charge in [-0.1, -0.05) is 90.0 Å². The summed E-state index contributed by atoms with van der Waals surface area (Å²) in [5, 5.41) is 0. The largest absolute Gasteiger partial charge is 0.458 e. The summed E-state index contributed by atoms with van der Waals surface area (Å²) in [6.07, 6.45) is -124. The number of rotatable bonds is 29. The van der Waals surface area contributed by atoms with Gasteiger partial charge in [-0.05, 0) is 6.42 Å². The Hall–Kier alpha value is -6.08. The normalized spacial score (nSPS) is 16.7. The van der Waals surface area contributed by atoms with Crippen molar-refractivity contribution in [1.82, 2.24) is 0 Å². The fourth-order valence-corrected chi connectivity index (χ4v) is 4.68. The Morgan fingerprint density at radius 2 is 0.521 bits per heavy atom. The van der Waals surface area contributed by atoms with E-state index in [9.17, 15) is 263 Å². The highest BCUT2D eigenvalue weighted by atomic mass is 19.5. The van der Waals surface area contributed by atoms with Gasteiger partial charge in [-0.3, -0.25) is 37.2 Å². The molecule has 68 heteroatoms. The Kier molecular flexibility index (Phi) is 55.2. The van der Waals surface area contributed by atoms with Crippen molar-refractivity contribution < 1.29 is 301 Å². The Morgan fingerprint density at radius 3 is 0.719 bits per heavy atom. The van der Waals surface area contributed by atoms with Gasteiger partial charge in [-0.15, -0.1) is 0 Å². The third-order valence-electron chi connectivity index (χ3n) is 10.5. The first-order chi connectivity index (χ1) is 50.2. The number of ether oxygens (including phenoxy) is 8. The van der Waals surface area contributed by atoms with Gasteiger partial charge in [-0.2, -0.15) is 211 Å². The zero-order chi connectivity index (χ0) is 97.8. The zero-order valence-corrected chi connectivity index (χ0v) is 55.9. The fourth-order valence-electron chi connectivity index (χ4n) is 4.68. The fraction of sp³-hybridized carbons (Fsp3) is 0.774. The molecule has 738 valence electrons. The Balaban J connectivity index is -0.000000117. The van der Waals surface area contributed by atoms with Crippen LogP contribution in [0.4, 0.5) is 263 Å². The van der Waals surface area contributed by atoms with Crippen LogP contribution < -0.4 is 0 Å². The van der Waals surface area contributed by atoms with Gasteiger partial charge in [0.25, 0.3) is 0 Å². The average molecular weight is 1960 g/mol. The number of alkyl halides is 54. The van der Waals surface area contributed by atoms with Crippen LogP contribution in [0.15, 0.2) is 74.4 Å². The lowest BCUT2D eigenvalue weighted by molar-refractivity contribution is -0.527. The lowest BCUT2D eigenvalue weighted by Crippen LogP contribution is -2.64. The standard InChI is InChI=1S/C10H7F13O2.C9H8F10O.C8H4F12O2.C7H5F9O.C7H7F7O.C6H5F7O.2CH3F.4CH4/c1-3-5(12,8(16,17)18)24-10(22,23)7(15,9(19,20)21)25-6(13,14)4(2)11;1-3-6(11,9(17,18)19)5(7(12,13)14)20-8(15,16)4(2)10;1-3(9)5(13,14)22-6(15,7(16,17)18)8(19,20)21-2-4(10,11)12;1-3(8)7(15,16)17-4(6(12,13)14)2-5(9,10)11;1-3-5(9,7(12,13)14)15-6(10,11)4(2)8;1-3(7)5(9,10)14-4(2,8)6(11,12)13;2*1-2;;;;/h2-3H2,1H3;5H,2-3H2,1H3;1-2H2;4H,1-2H2;2-3H2,1H3;1H2,2H3;2*1H3;4*1H4. The lowest BCUT2D eigenvalue weighted by atomic mass is 9.94.